The topological polar surface area (TPSA) is 41.1 Å². The smallest absolute Gasteiger partial charge is 0.220 e. The fourth-order valence-electron chi connectivity index (χ4n) is 2.16. The van der Waals surface area contributed by atoms with Crippen molar-refractivity contribution in [2.75, 3.05) is 13.1 Å². The molecule has 0 spiro atoms. The summed E-state index contributed by atoms with van der Waals surface area (Å²) in [5, 5.41) is 6.51. The summed E-state index contributed by atoms with van der Waals surface area (Å²) in [5.41, 5.74) is -0.00992. The van der Waals surface area contributed by atoms with E-state index in [-0.39, 0.29) is 23.9 Å². The minimum atomic E-state index is -0.00992. The van der Waals surface area contributed by atoms with E-state index in [4.69, 9.17) is 0 Å². The summed E-state index contributed by atoms with van der Waals surface area (Å²) in [5.74, 6) is 0.817. The van der Waals surface area contributed by atoms with Crippen LogP contribution >= 0.6 is 12.4 Å². The lowest BCUT2D eigenvalue weighted by atomic mass is 9.92. The molecule has 0 saturated carbocycles. The number of halogens is 1. The van der Waals surface area contributed by atoms with E-state index in [0.29, 0.717) is 12.3 Å². The summed E-state index contributed by atoms with van der Waals surface area (Å²) in [6.45, 7) is 8.53. The van der Waals surface area contributed by atoms with Crippen LogP contribution in [0.4, 0.5) is 0 Å². The maximum Gasteiger partial charge on any atom is 0.220 e. The van der Waals surface area contributed by atoms with Gasteiger partial charge in [-0.2, -0.15) is 0 Å². The molecule has 4 heteroatoms. The van der Waals surface area contributed by atoms with E-state index in [2.05, 4.69) is 31.4 Å². The molecular formula is C13H27ClN2O. The van der Waals surface area contributed by atoms with Crippen LogP contribution in [-0.4, -0.2) is 24.5 Å². The van der Waals surface area contributed by atoms with Gasteiger partial charge in [-0.05, 0) is 51.6 Å². The Morgan fingerprint density at radius 2 is 1.82 bits per heavy atom. The zero-order valence-electron chi connectivity index (χ0n) is 11.3. The Hall–Kier alpha value is -0.280. The molecule has 0 aromatic heterocycles. The van der Waals surface area contributed by atoms with Gasteiger partial charge in [-0.3, -0.25) is 4.79 Å². The molecule has 1 saturated heterocycles. The number of carbonyl (C=O) groups excluding carboxylic acids is 1. The molecule has 2 N–H and O–H groups in total. The second kappa shape index (κ2) is 7.93. The highest BCUT2D eigenvalue weighted by atomic mass is 35.5. The van der Waals surface area contributed by atoms with Gasteiger partial charge in [0.2, 0.25) is 5.91 Å². The molecule has 0 aromatic rings. The van der Waals surface area contributed by atoms with E-state index < -0.39 is 0 Å². The van der Waals surface area contributed by atoms with Crippen molar-refractivity contribution in [2.24, 2.45) is 5.92 Å². The molecule has 1 heterocycles. The van der Waals surface area contributed by atoms with Crippen molar-refractivity contribution in [3.63, 3.8) is 0 Å². The van der Waals surface area contributed by atoms with Crippen LogP contribution in [0.5, 0.6) is 0 Å². The van der Waals surface area contributed by atoms with Crippen molar-refractivity contribution in [2.45, 2.75) is 58.4 Å². The first-order valence-electron chi connectivity index (χ1n) is 6.61. The summed E-state index contributed by atoms with van der Waals surface area (Å²) < 4.78 is 0. The van der Waals surface area contributed by atoms with Gasteiger partial charge < -0.3 is 10.6 Å². The fraction of sp³-hybridized carbons (Fsp3) is 0.923. The van der Waals surface area contributed by atoms with Crippen LogP contribution in [0.2, 0.25) is 0 Å². The van der Waals surface area contributed by atoms with Crippen LogP contribution in [0.1, 0.15) is 52.9 Å². The average molecular weight is 263 g/mol. The normalized spacial score (nSPS) is 17.4. The summed E-state index contributed by atoms with van der Waals surface area (Å²) >= 11 is 0. The predicted octanol–water partition coefficient (Wildman–Crippen LogP) is 2.49. The van der Waals surface area contributed by atoms with Gasteiger partial charge in [0.25, 0.3) is 0 Å². The molecule has 1 fully saturated rings. The highest BCUT2D eigenvalue weighted by molar-refractivity contribution is 5.85. The first-order valence-corrected chi connectivity index (χ1v) is 6.61. The molecule has 0 atom stereocenters. The monoisotopic (exact) mass is 262 g/mol. The first kappa shape index (κ1) is 16.7. The lowest BCUT2D eigenvalue weighted by Gasteiger charge is -2.30. The summed E-state index contributed by atoms with van der Waals surface area (Å²) in [7, 11) is 0. The Balaban J connectivity index is 0.00000256. The van der Waals surface area contributed by atoms with Crippen LogP contribution in [0.15, 0.2) is 0 Å². The molecule has 102 valence electrons. The van der Waals surface area contributed by atoms with Crippen molar-refractivity contribution in [3.8, 4) is 0 Å². The second-order valence-corrected chi connectivity index (χ2v) is 5.21. The van der Waals surface area contributed by atoms with Crippen LogP contribution < -0.4 is 10.6 Å². The van der Waals surface area contributed by atoms with E-state index in [1.807, 2.05) is 0 Å². The molecule has 0 aliphatic carbocycles. The van der Waals surface area contributed by atoms with Crippen molar-refractivity contribution < 1.29 is 4.79 Å². The largest absolute Gasteiger partial charge is 0.351 e. The molecular weight excluding hydrogens is 236 g/mol. The first-order chi connectivity index (χ1) is 7.59. The van der Waals surface area contributed by atoms with Gasteiger partial charge in [0, 0.05) is 12.0 Å². The lowest BCUT2D eigenvalue weighted by molar-refractivity contribution is -0.124. The van der Waals surface area contributed by atoms with Crippen LogP contribution in [0, 0.1) is 5.92 Å². The summed E-state index contributed by atoms with van der Waals surface area (Å²) in [6, 6.07) is 0. The SMILES string of the molecule is CCC(C)(CC)NC(=O)CC1CCNCC1.Cl. The fourth-order valence-corrected chi connectivity index (χ4v) is 2.16. The lowest BCUT2D eigenvalue weighted by Crippen LogP contribution is -2.45. The minimum Gasteiger partial charge on any atom is -0.351 e. The number of hydrogen-bond donors (Lipinski definition) is 2. The third kappa shape index (κ3) is 5.73. The predicted molar refractivity (Wildman–Crippen MR) is 74.6 cm³/mol. The van der Waals surface area contributed by atoms with E-state index in [9.17, 15) is 4.79 Å². The Labute approximate surface area is 112 Å². The molecule has 17 heavy (non-hydrogen) atoms. The molecule has 0 bridgehead atoms. The molecule has 3 nitrogen and oxygen atoms in total. The maximum absolute atomic E-state index is 11.9. The van der Waals surface area contributed by atoms with Gasteiger partial charge in [-0.15, -0.1) is 12.4 Å². The van der Waals surface area contributed by atoms with Gasteiger partial charge in [0.05, 0.1) is 0 Å². The number of hydrogen-bond acceptors (Lipinski definition) is 2. The van der Waals surface area contributed by atoms with Gasteiger partial charge in [-0.1, -0.05) is 13.8 Å². The van der Waals surface area contributed by atoms with Gasteiger partial charge in [-0.25, -0.2) is 0 Å². The van der Waals surface area contributed by atoms with Crippen LogP contribution in [-0.2, 0) is 4.79 Å². The average Bonchev–Trinajstić information content (AvgIpc) is 2.30. The van der Waals surface area contributed by atoms with Crippen molar-refractivity contribution >= 4 is 18.3 Å². The number of nitrogens with one attached hydrogen (secondary N) is 2. The van der Waals surface area contributed by atoms with Crippen LogP contribution in [0.25, 0.3) is 0 Å². The zero-order chi connectivity index (χ0) is 12.0. The highest BCUT2D eigenvalue weighted by Gasteiger charge is 2.24. The van der Waals surface area contributed by atoms with E-state index in [1.54, 1.807) is 0 Å². The molecule has 1 aliphatic heterocycles. The zero-order valence-corrected chi connectivity index (χ0v) is 12.2. The number of carbonyl (C=O) groups is 1. The molecule has 1 aliphatic rings. The Morgan fingerprint density at radius 1 is 1.29 bits per heavy atom. The number of piperidine rings is 1. The van der Waals surface area contributed by atoms with Crippen molar-refractivity contribution in [3.05, 3.63) is 0 Å². The Kier molecular flexibility index (Phi) is 7.80. The molecule has 0 radical (unpaired) electrons. The Morgan fingerprint density at radius 3 is 2.29 bits per heavy atom. The van der Waals surface area contributed by atoms with E-state index in [0.717, 1.165) is 38.8 Å². The molecule has 1 amide bonds. The maximum atomic E-state index is 11.9. The van der Waals surface area contributed by atoms with Gasteiger partial charge in [0.15, 0.2) is 0 Å². The third-order valence-corrected chi connectivity index (χ3v) is 3.93. The minimum absolute atomic E-state index is 0. The van der Waals surface area contributed by atoms with Crippen molar-refractivity contribution in [1.29, 1.82) is 0 Å². The second-order valence-electron chi connectivity index (χ2n) is 5.21. The molecule has 0 unspecified atom stereocenters. The van der Waals surface area contributed by atoms with E-state index in [1.165, 1.54) is 0 Å². The van der Waals surface area contributed by atoms with Gasteiger partial charge >= 0.3 is 0 Å². The van der Waals surface area contributed by atoms with Gasteiger partial charge in [0.1, 0.15) is 0 Å². The Bertz CT molecular complexity index is 223. The summed E-state index contributed by atoms with van der Waals surface area (Å²) in [4.78, 5) is 11.9. The quantitative estimate of drug-likeness (QED) is 0.799. The van der Waals surface area contributed by atoms with E-state index >= 15 is 0 Å². The highest BCUT2D eigenvalue weighted by Crippen LogP contribution is 2.18. The number of amides is 1. The van der Waals surface area contributed by atoms with Crippen LogP contribution in [0.3, 0.4) is 0 Å². The number of rotatable bonds is 5. The standard InChI is InChI=1S/C13H26N2O.ClH/c1-4-13(3,5-2)15-12(16)10-11-6-8-14-9-7-11;/h11,14H,4-10H2,1-3H3,(H,15,16);1H. The molecule has 0 aromatic carbocycles. The van der Waals surface area contributed by atoms with Crippen molar-refractivity contribution in [1.82, 2.24) is 10.6 Å². The third-order valence-electron chi connectivity index (χ3n) is 3.93. The summed E-state index contributed by atoms with van der Waals surface area (Å²) in [6.07, 6.45) is 4.99. The molecule has 1 rings (SSSR count).